The molecule has 1 heterocycles. The number of rotatable bonds is 0. The van der Waals surface area contributed by atoms with Gasteiger partial charge in [0.2, 0.25) is 0 Å². The largest absolute Gasteiger partial charge is 0.451 e. The number of esters is 1. The molecule has 1 aromatic carbocycles. The highest BCUT2D eigenvalue weighted by Gasteiger charge is 2.37. The van der Waals surface area contributed by atoms with Gasteiger partial charge in [0.1, 0.15) is 5.60 Å². The summed E-state index contributed by atoms with van der Waals surface area (Å²) in [5.74, 6) is -0.285. The highest BCUT2D eigenvalue weighted by atomic mass is 16.6. The lowest BCUT2D eigenvalue weighted by Gasteiger charge is -2.17. The van der Waals surface area contributed by atoms with Gasteiger partial charge in [-0.15, -0.1) is 0 Å². The van der Waals surface area contributed by atoms with Gasteiger partial charge in [-0.1, -0.05) is 6.07 Å². The first kappa shape index (κ1) is 8.10. The summed E-state index contributed by atoms with van der Waals surface area (Å²) in [5, 5.41) is 0. The Morgan fingerprint density at radius 1 is 1.38 bits per heavy atom. The number of nitrogens with two attached hydrogens (primary N) is 1. The number of carbonyl (C=O) groups is 1. The van der Waals surface area contributed by atoms with E-state index in [4.69, 9.17) is 10.5 Å². The number of anilines is 1. The smallest absolute Gasteiger partial charge is 0.339 e. The molecule has 2 rings (SSSR count). The van der Waals surface area contributed by atoms with Gasteiger partial charge in [-0.2, -0.15) is 0 Å². The van der Waals surface area contributed by atoms with Crippen LogP contribution in [0, 0.1) is 0 Å². The van der Waals surface area contributed by atoms with Gasteiger partial charge in [0.15, 0.2) is 0 Å². The molecule has 1 aliphatic heterocycles. The van der Waals surface area contributed by atoms with E-state index in [0.29, 0.717) is 11.3 Å². The summed E-state index contributed by atoms with van der Waals surface area (Å²) in [4.78, 5) is 11.4. The molecule has 0 saturated carbocycles. The molecule has 68 valence electrons. The van der Waals surface area contributed by atoms with E-state index in [9.17, 15) is 4.79 Å². The molecule has 0 unspecified atom stereocenters. The van der Waals surface area contributed by atoms with Crippen LogP contribution in [0.5, 0.6) is 0 Å². The second-order valence-corrected chi connectivity index (χ2v) is 3.70. The standard InChI is InChI=1S/C10H11NO2/c1-10(2)8-4-3-6(11)5-7(8)9(12)13-10/h3-5H,11H2,1-2H3. The van der Waals surface area contributed by atoms with Crippen LogP contribution in [0.4, 0.5) is 5.69 Å². The maximum Gasteiger partial charge on any atom is 0.339 e. The molecule has 1 aromatic rings. The number of carbonyl (C=O) groups excluding carboxylic acids is 1. The van der Waals surface area contributed by atoms with Crippen LogP contribution in [0.15, 0.2) is 18.2 Å². The van der Waals surface area contributed by atoms with E-state index in [2.05, 4.69) is 0 Å². The van der Waals surface area contributed by atoms with Gasteiger partial charge in [0.05, 0.1) is 5.56 Å². The molecule has 3 heteroatoms. The lowest BCUT2D eigenvalue weighted by Crippen LogP contribution is -2.15. The van der Waals surface area contributed by atoms with E-state index in [-0.39, 0.29) is 5.97 Å². The van der Waals surface area contributed by atoms with Crippen LogP contribution in [-0.2, 0) is 10.3 Å². The van der Waals surface area contributed by atoms with Crippen LogP contribution in [0.25, 0.3) is 0 Å². The van der Waals surface area contributed by atoms with E-state index >= 15 is 0 Å². The first-order valence-corrected chi connectivity index (χ1v) is 4.14. The minimum atomic E-state index is -0.514. The Morgan fingerprint density at radius 2 is 2.08 bits per heavy atom. The van der Waals surface area contributed by atoms with E-state index < -0.39 is 5.60 Å². The monoisotopic (exact) mass is 177 g/mol. The Morgan fingerprint density at radius 3 is 2.77 bits per heavy atom. The Bertz CT molecular complexity index is 383. The Hall–Kier alpha value is -1.51. The number of cyclic esters (lactones) is 1. The molecule has 0 spiro atoms. The number of nitrogen functional groups attached to an aromatic ring is 1. The quantitative estimate of drug-likeness (QED) is 0.484. The third-order valence-corrected chi connectivity index (χ3v) is 2.26. The van der Waals surface area contributed by atoms with Gasteiger partial charge in [0, 0.05) is 11.3 Å². The number of hydrogen-bond acceptors (Lipinski definition) is 3. The molecule has 0 atom stereocenters. The lowest BCUT2D eigenvalue weighted by molar-refractivity contribution is 0.00954. The average Bonchev–Trinajstić information content (AvgIpc) is 2.22. The van der Waals surface area contributed by atoms with Crippen molar-refractivity contribution in [2.24, 2.45) is 0 Å². The van der Waals surface area contributed by atoms with Crippen molar-refractivity contribution in [1.29, 1.82) is 0 Å². The summed E-state index contributed by atoms with van der Waals surface area (Å²) >= 11 is 0. The molecular formula is C10H11NO2. The van der Waals surface area contributed by atoms with Crippen LogP contribution in [0.3, 0.4) is 0 Å². The van der Waals surface area contributed by atoms with Crippen LogP contribution < -0.4 is 5.73 Å². The molecule has 0 radical (unpaired) electrons. The molecule has 1 aliphatic rings. The fourth-order valence-corrected chi connectivity index (χ4v) is 1.60. The van der Waals surface area contributed by atoms with Crippen molar-refractivity contribution in [3.05, 3.63) is 29.3 Å². The second kappa shape index (κ2) is 2.25. The van der Waals surface area contributed by atoms with Gasteiger partial charge >= 0.3 is 5.97 Å². The van der Waals surface area contributed by atoms with Crippen LogP contribution >= 0.6 is 0 Å². The summed E-state index contributed by atoms with van der Waals surface area (Å²) in [7, 11) is 0. The molecule has 0 aliphatic carbocycles. The minimum Gasteiger partial charge on any atom is -0.451 e. The Kier molecular flexibility index (Phi) is 1.40. The van der Waals surface area contributed by atoms with E-state index in [1.165, 1.54) is 0 Å². The summed E-state index contributed by atoms with van der Waals surface area (Å²) in [6, 6.07) is 5.28. The van der Waals surface area contributed by atoms with Crippen molar-refractivity contribution >= 4 is 11.7 Å². The first-order chi connectivity index (χ1) is 6.00. The van der Waals surface area contributed by atoms with Crippen LogP contribution in [-0.4, -0.2) is 5.97 Å². The zero-order valence-corrected chi connectivity index (χ0v) is 7.63. The number of ether oxygens (including phenoxy) is 1. The third-order valence-electron chi connectivity index (χ3n) is 2.26. The zero-order chi connectivity index (χ0) is 9.64. The maximum atomic E-state index is 11.4. The SMILES string of the molecule is CC1(C)OC(=O)c2cc(N)ccc21. The van der Waals surface area contributed by atoms with Gasteiger partial charge in [0.25, 0.3) is 0 Å². The molecule has 0 saturated heterocycles. The summed E-state index contributed by atoms with van der Waals surface area (Å²) < 4.78 is 5.18. The fourth-order valence-electron chi connectivity index (χ4n) is 1.60. The van der Waals surface area contributed by atoms with Gasteiger partial charge < -0.3 is 10.5 Å². The Labute approximate surface area is 76.5 Å². The highest BCUT2D eigenvalue weighted by Crippen LogP contribution is 2.36. The van der Waals surface area contributed by atoms with Crippen molar-refractivity contribution in [2.45, 2.75) is 19.4 Å². The van der Waals surface area contributed by atoms with Crippen molar-refractivity contribution in [3.63, 3.8) is 0 Å². The molecule has 3 nitrogen and oxygen atoms in total. The van der Waals surface area contributed by atoms with Crippen molar-refractivity contribution in [2.75, 3.05) is 5.73 Å². The van der Waals surface area contributed by atoms with Crippen molar-refractivity contribution in [3.8, 4) is 0 Å². The third kappa shape index (κ3) is 1.08. The Balaban J connectivity index is 2.66. The molecule has 0 bridgehead atoms. The second-order valence-electron chi connectivity index (χ2n) is 3.70. The minimum absolute atomic E-state index is 0.285. The molecule has 0 fully saturated rings. The fraction of sp³-hybridized carbons (Fsp3) is 0.300. The van der Waals surface area contributed by atoms with Crippen molar-refractivity contribution in [1.82, 2.24) is 0 Å². The molecule has 13 heavy (non-hydrogen) atoms. The average molecular weight is 177 g/mol. The van der Waals surface area contributed by atoms with Crippen molar-refractivity contribution < 1.29 is 9.53 Å². The molecule has 2 N–H and O–H groups in total. The van der Waals surface area contributed by atoms with Crippen LogP contribution in [0.2, 0.25) is 0 Å². The number of hydrogen-bond donors (Lipinski definition) is 1. The summed E-state index contributed by atoms with van der Waals surface area (Å²) in [6.07, 6.45) is 0. The zero-order valence-electron chi connectivity index (χ0n) is 7.63. The number of fused-ring (bicyclic) bond motifs is 1. The summed E-state index contributed by atoms with van der Waals surface area (Å²) in [6.45, 7) is 3.74. The van der Waals surface area contributed by atoms with Gasteiger partial charge in [-0.05, 0) is 26.0 Å². The van der Waals surface area contributed by atoms with Gasteiger partial charge in [-0.3, -0.25) is 0 Å². The molecule has 0 amide bonds. The summed E-state index contributed by atoms with van der Waals surface area (Å²) in [5.41, 5.74) is 7.15. The van der Waals surface area contributed by atoms with Gasteiger partial charge in [-0.25, -0.2) is 4.79 Å². The topological polar surface area (TPSA) is 52.3 Å². The highest BCUT2D eigenvalue weighted by molar-refractivity contribution is 5.95. The maximum absolute atomic E-state index is 11.4. The van der Waals surface area contributed by atoms with Crippen LogP contribution in [0.1, 0.15) is 29.8 Å². The lowest BCUT2D eigenvalue weighted by atomic mass is 9.96. The van der Waals surface area contributed by atoms with E-state index in [0.717, 1.165) is 5.56 Å². The van der Waals surface area contributed by atoms with E-state index in [1.54, 1.807) is 12.1 Å². The first-order valence-electron chi connectivity index (χ1n) is 4.14. The predicted octanol–water partition coefficient (Wildman–Crippen LogP) is 1.67. The molecule has 0 aromatic heterocycles. The predicted molar refractivity (Wildman–Crippen MR) is 49.3 cm³/mol. The molecular weight excluding hydrogens is 166 g/mol. The number of benzene rings is 1. The van der Waals surface area contributed by atoms with E-state index in [1.807, 2.05) is 19.9 Å². The normalized spacial score (nSPS) is 18.2.